The van der Waals surface area contributed by atoms with Crippen molar-refractivity contribution in [2.45, 2.75) is 25.4 Å². The summed E-state index contributed by atoms with van der Waals surface area (Å²) in [6.45, 7) is 1.41. The number of amides is 2. The molecule has 0 aliphatic carbocycles. The molecule has 178 valence electrons. The summed E-state index contributed by atoms with van der Waals surface area (Å²) in [6.07, 6.45) is 0.577. The molecule has 0 aromatic heterocycles. The van der Waals surface area contributed by atoms with Gasteiger partial charge in [-0.25, -0.2) is 0 Å². The van der Waals surface area contributed by atoms with Crippen LogP contribution in [0.2, 0.25) is 10.0 Å². The number of nitrogens with one attached hydrogen (secondary N) is 1. The van der Waals surface area contributed by atoms with Gasteiger partial charge < -0.3 is 24.8 Å². The molecule has 0 radical (unpaired) electrons. The molecule has 1 aliphatic rings. The number of benzene rings is 2. The maximum atomic E-state index is 12.5. The smallest absolute Gasteiger partial charge is 0.225 e. The lowest BCUT2D eigenvalue weighted by molar-refractivity contribution is -0.136. The minimum Gasteiger partial charge on any atom is -0.493 e. The second kappa shape index (κ2) is 12.7. The van der Waals surface area contributed by atoms with E-state index in [1.165, 1.54) is 0 Å². The summed E-state index contributed by atoms with van der Waals surface area (Å²) in [4.78, 5) is 26.6. The maximum Gasteiger partial charge on any atom is 0.225 e. The number of carbonyl (C=O) groups excluding carboxylic acids is 2. The number of aliphatic hydroxyl groups is 1. The van der Waals surface area contributed by atoms with Crippen LogP contribution in [0.15, 0.2) is 48.5 Å². The Balaban J connectivity index is 1.31. The quantitative estimate of drug-likeness (QED) is 0.527. The van der Waals surface area contributed by atoms with Crippen LogP contribution in [0.5, 0.6) is 11.5 Å². The van der Waals surface area contributed by atoms with Gasteiger partial charge >= 0.3 is 0 Å². The molecule has 3 rings (SSSR count). The number of likely N-dealkylation sites (tertiary alicyclic amines) is 1. The summed E-state index contributed by atoms with van der Waals surface area (Å²) < 4.78 is 11.1. The van der Waals surface area contributed by atoms with E-state index in [1.807, 2.05) is 30.3 Å². The molecule has 2 aromatic carbocycles. The van der Waals surface area contributed by atoms with Crippen LogP contribution < -0.4 is 14.8 Å². The van der Waals surface area contributed by atoms with E-state index in [9.17, 15) is 14.7 Å². The number of carbonyl (C=O) groups is 2. The number of aliphatic hydroxyl groups excluding tert-OH is 1. The molecule has 0 bridgehead atoms. The molecule has 2 aromatic rings. The third kappa shape index (κ3) is 7.81. The highest BCUT2D eigenvalue weighted by Gasteiger charge is 2.27. The molecule has 0 saturated carbocycles. The van der Waals surface area contributed by atoms with Crippen LogP contribution >= 0.6 is 23.2 Å². The molecular formula is C24H28Cl2N2O5. The Bertz CT molecular complexity index is 920. The number of halogens is 2. The highest BCUT2D eigenvalue weighted by atomic mass is 35.5. The fourth-order valence-corrected chi connectivity index (χ4v) is 3.87. The number of hydrogen-bond acceptors (Lipinski definition) is 5. The van der Waals surface area contributed by atoms with Gasteiger partial charge in [0.15, 0.2) is 0 Å². The minimum absolute atomic E-state index is 0.0250. The van der Waals surface area contributed by atoms with Gasteiger partial charge in [0.25, 0.3) is 0 Å². The molecule has 1 aliphatic heterocycles. The maximum absolute atomic E-state index is 12.5. The average Bonchev–Trinajstić information content (AvgIpc) is 2.84. The molecule has 7 nitrogen and oxygen atoms in total. The largest absolute Gasteiger partial charge is 0.493 e. The monoisotopic (exact) mass is 494 g/mol. The predicted molar refractivity (Wildman–Crippen MR) is 127 cm³/mol. The molecule has 9 heteroatoms. The van der Waals surface area contributed by atoms with E-state index in [-0.39, 0.29) is 35.9 Å². The Hall–Kier alpha value is -2.48. The Morgan fingerprint density at radius 2 is 1.79 bits per heavy atom. The zero-order chi connectivity index (χ0) is 23.6. The molecule has 2 N–H and O–H groups in total. The Morgan fingerprint density at radius 3 is 2.52 bits per heavy atom. The summed E-state index contributed by atoms with van der Waals surface area (Å²) >= 11 is 12.0. The van der Waals surface area contributed by atoms with Crippen molar-refractivity contribution in [2.75, 3.05) is 32.8 Å². The molecular weight excluding hydrogens is 467 g/mol. The first-order valence-corrected chi connectivity index (χ1v) is 11.7. The fourth-order valence-electron chi connectivity index (χ4n) is 3.53. The predicted octanol–water partition coefficient (Wildman–Crippen LogP) is 3.56. The number of nitrogens with zero attached hydrogens (tertiary/aromatic N) is 1. The second-order valence-corrected chi connectivity index (χ2v) is 8.61. The first-order valence-electron chi connectivity index (χ1n) is 10.9. The van der Waals surface area contributed by atoms with Gasteiger partial charge in [-0.2, -0.15) is 0 Å². The Morgan fingerprint density at radius 1 is 1.06 bits per heavy atom. The van der Waals surface area contributed by atoms with E-state index < -0.39 is 6.10 Å². The van der Waals surface area contributed by atoms with Crippen molar-refractivity contribution in [1.82, 2.24) is 10.2 Å². The van der Waals surface area contributed by atoms with Crippen LogP contribution in [-0.2, 0) is 9.59 Å². The van der Waals surface area contributed by atoms with Crippen LogP contribution in [0.4, 0.5) is 0 Å². The molecule has 0 spiro atoms. The highest BCUT2D eigenvalue weighted by molar-refractivity contribution is 6.42. The third-order valence-electron chi connectivity index (χ3n) is 5.41. The average molecular weight is 495 g/mol. The molecule has 1 atom stereocenters. The zero-order valence-corrected chi connectivity index (χ0v) is 19.7. The number of ether oxygens (including phenoxy) is 2. The number of para-hydroxylation sites is 1. The highest BCUT2D eigenvalue weighted by Crippen LogP contribution is 2.31. The lowest BCUT2D eigenvalue weighted by Gasteiger charge is -2.31. The van der Waals surface area contributed by atoms with E-state index in [4.69, 9.17) is 32.7 Å². The van der Waals surface area contributed by atoms with Gasteiger partial charge in [-0.15, -0.1) is 0 Å². The van der Waals surface area contributed by atoms with Crippen molar-refractivity contribution < 1.29 is 24.2 Å². The van der Waals surface area contributed by atoms with Gasteiger partial charge in [0.2, 0.25) is 11.8 Å². The molecule has 33 heavy (non-hydrogen) atoms. The van der Waals surface area contributed by atoms with Crippen LogP contribution in [-0.4, -0.2) is 60.8 Å². The topological polar surface area (TPSA) is 88.1 Å². The van der Waals surface area contributed by atoms with Crippen molar-refractivity contribution in [3.05, 3.63) is 58.6 Å². The van der Waals surface area contributed by atoms with E-state index in [0.29, 0.717) is 49.7 Å². The van der Waals surface area contributed by atoms with E-state index in [1.54, 1.807) is 23.1 Å². The Labute approximate surface area is 203 Å². The summed E-state index contributed by atoms with van der Waals surface area (Å²) in [5.41, 5.74) is 0. The normalized spacial score (nSPS) is 15.1. The first-order chi connectivity index (χ1) is 15.9. The van der Waals surface area contributed by atoms with Crippen molar-refractivity contribution in [1.29, 1.82) is 0 Å². The number of hydrogen-bond donors (Lipinski definition) is 2. The van der Waals surface area contributed by atoms with E-state index in [0.717, 1.165) is 5.75 Å². The van der Waals surface area contributed by atoms with Crippen LogP contribution in [0.25, 0.3) is 0 Å². The molecule has 2 amide bonds. The van der Waals surface area contributed by atoms with Crippen molar-refractivity contribution >= 4 is 35.0 Å². The minimum atomic E-state index is -0.893. The second-order valence-electron chi connectivity index (χ2n) is 7.83. The van der Waals surface area contributed by atoms with Crippen LogP contribution in [0.3, 0.4) is 0 Å². The van der Waals surface area contributed by atoms with Gasteiger partial charge in [0, 0.05) is 25.6 Å². The number of piperidine rings is 1. The van der Waals surface area contributed by atoms with Gasteiger partial charge in [-0.1, -0.05) is 47.5 Å². The van der Waals surface area contributed by atoms with Crippen LogP contribution in [0, 0.1) is 5.92 Å². The lowest BCUT2D eigenvalue weighted by Crippen LogP contribution is -2.45. The van der Waals surface area contributed by atoms with Gasteiger partial charge in [0.05, 0.1) is 18.1 Å². The first kappa shape index (κ1) is 25.1. The third-order valence-corrected chi connectivity index (χ3v) is 6.21. The molecule has 1 saturated heterocycles. The van der Waals surface area contributed by atoms with Crippen molar-refractivity contribution in [3.8, 4) is 11.5 Å². The van der Waals surface area contributed by atoms with Gasteiger partial charge in [-0.3, -0.25) is 9.59 Å². The summed E-state index contributed by atoms with van der Waals surface area (Å²) in [6, 6.07) is 14.4. The Kier molecular flexibility index (Phi) is 9.66. The summed E-state index contributed by atoms with van der Waals surface area (Å²) in [7, 11) is 0. The van der Waals surface area contributed by atoms with E-state index >= 15 is 0 Å². The van der Waals surface area contributed by atoms with Gasteiger partial charge in [0.1, 0.15) is 29.2 Å². The van der Waals surface area contributed by atoms with E-state index in [2.05, 4.69) is 5.32 Å². The fraction of sp³-hybridized carbons (Fsp3) is 0.417. The standard InChI is InChI=1S/C24H28Cl2N2O5/c25-20-7-4-8-21(23(20)26)33-16-18(29)15-27-24(31)17-9-12-28(13-10-17)22(30)11-14-32-19-5-2-1-3-6-19/h1-8,17-18,29H,9-16H2,(H,27,31). The lowest BCUT2D eigenvalue weighted by atomic mass is 9.95. The summed E-state index contributed by atoms with van der Waals surface area (Å²) in [5.74, 6) is 0.821. The SMILES string of the molecule is O=C(NCC(O)COc1cccc(Cl)c1Cl)C1CCN(C(=O)CCOc2ccccc2)CC1. The number of rotatable bonds is 10. The molecule has 1 unspecified atom stereocenters. The van der Waals surface area contributed by atoms with Crippen LogP contribution in [0.1, 0.15) is 19.3 Å². The summed E-state index contributed by atoms with van der Waals surface area (Å²) in [5, 5.41) is 13.5. The van der Waals surface area contributed by atoms with Gasteiger partial charge in [-0.05, 0) is 37.1 Å². The molecule has 1 heterocycles. The molecule has 1 fully saturated rings. The zero-order valence-electron chi connectivity index (χ0n) is 18.2. The van der Waals surface area contributed by atoms with Crippen molar-refractivity contribution in [3.63, 3.8) is 0 Å². The van der Waals surface area contributed by atoms with Crippen molar-refractivity contribution in [2.24, 2.45) is 5.92 Å².